The number of hydrogen-bond acceptors (Lipinski definition) is 9. The van der Waals surface area contributed by atoms with E-state index in [0.717, 1.165) is 19.1 Å². The molecule has 1 aliphatic heterocycles. The Morgan fingerprint density at radius 3 is 2.26 bits per heavy atom. The van der Waals surface area contributed by atoms with Crippen molar-refractivity contribution >= 4 is 39.2 Å². The molecule has 0 aliphatic carbocycles. The van der Waals surface area contributed by atoms with E-state index in [1.807, 2.05) is 6.07 Å². The number of anilines is 1. The first-order chi connectivity index (χ1) is 16.6. The molecule has 10 nitrogen and oxygen atoms in total. The van der Waals surface area contributed by atoms with Gasteiger partial charge in [0.25, 0.3) is 5.69 Å². The van der Waals surface area contributed by atoms with E-state index in [2.05, 4.69) is 15.9 Å². The van der Waals surface area contributed by atoms with Crippen LogP contribution < -0.4 is 10.6 Å². The van der Waals surface area contributed by atoms with Gasteiger partial charge in [0, 0.05) is 10.5 Å². The number of allylic oxidation sites excluding steroid dienone is 1. The van der Waals surface area contributed by atoms with Crippen molar-refractivity contribution in [3.05, 3.63) is 90.3 Å². The molecule has 1 heterocycles. The fourth-order valence-electron chi connectivity index (χ4n) is 4.01. The first-order valence-electron chi connectivity index (χ1n) is 10.2. The Labute approximate surface area is 209 Å². The summed E-state index contributed by atoms with van der Waals surface area (Å²) in [7, 11) is 2.23. The van der Waals surface area contributed by atoms with Crippen molar-refractivity contribution in [3.8, 4) is 6.07 Å². The number of esters is 2. The molecule has 2 aromatic rings. The average molecular weight is 541 g/mol. The van der Waals surface area contributed by atoms with Crippen molar-refractivity contribution in [2.75, 3.05) is 19.1 Å². The molecule has 180 valence electrons. The third-order valence-corrected chi connectivity index (χ3v) is 6.64. The lowest BCUT2D eigenvalue weighted by atomic mass is 9.80. The SMILES string of the molecule is COC(=O)C1=C(C(=O)OC)N(c2c([N+](=O)[O-])cc(Br)c(C)c2C)C(N)=C(C#N)C1c1ccccc1. The molecule has 0 amide bonds. The van der Waals surface area contributed by atoms with Gasteiger partial charge in [0.1, 0.15) is 17.2 Å². The van der Waals surface area contributed by atoms with E-state index < -0.39 is 28.5 Å². The van der Waals surface area contributed by atoms with Crippen LogP contribution in [0.1, 0.15) is 22.6 Å². The normalized spacial score (nSPS) is 15.5. The Hall–Kier alpha value is -4.17. The highest BCUT2D eigenvalue weighted by atomic mass is 79.9. The number of nitro benzene ring substituents is 1. The third kappa shape index (κ3) is 4.24. The Kier molecular flexibility index (Phi) is 7.26. The molecule has 1 unspecified atom stereocenters. The number of nitriles is 1. The second-order valence-electron chi connectivity index (χ2n) is 7.57. The van der Waals surface area contributed by atoms with E-state index >= 15 is 0 Å². The molecule has 0 bridgehead atoms. The quantitative estimate of drug-likeness (QED) is 0.338. The summed E-state index contributed by atoms with van der Waals surface area (Å²) in [5.74, 6) is -3.23. The first kappa shape index (κ1) is 25.5. The van der Waals surface area contributed by atoms with Gasteiger partial charge >= 0.3 is 11.9 Å². The summed E-state index contributed by atoms with van der Waals surface area (Å²) in [5.41, 5.74) is 6.82. The van der Waals surface area contributed by atoms with E-state index in [0.29, 0.717) is 21.2 Å². The second-order valence-corrected chi connectivity index (χ2v) is 8.42. The van der Waals surface area contributed by atoms with Crippen LogP contribution in [0, 0.1) is 35.3 Å². The number of hydrogen-bond donors (Lipinski definition) is 1. The molecule has 0 fully saturated rings. The van der Waals surface area contributed by atoms with Gasteiger partial charge in [-0.2, -0.15) is 5.26 Å². The number of methoxy groups -OCH3 is 2. The highest BCUT2D eigenvalue weighted by Gasteiger charge is 2.45. The molecule has 11 heteroatoms. The maximum Gasteiger partial charge on any atom is 0.355 e. The molecule has 2 aromatic carbocycles. The lowest BCUT2D eigenvalue weighted by Crippen LogP contribution is -2.41. The Bertz CT molecular complexity index is 1340. The standard InChI is InChI=1S/C24H21BrN4O6/c1-12-13(2)20(17(29(32)33)10-16(12)25)28-21(24(31)35-4)19(23(30)34-3)18(15(11-26)22(28)27)14-8-6-5-7-9-14/h5-10,18H,27H2,1-4H3. The average Bonchev–Trinajstić information content (AvgIpc) is 2.86. The van der Waals surface area contributed by atoms with Crippen LogP contribution in [0.4, 0.5) is 11.4 Å². The van der Waals surface area contributed by atoms with Crippen molar-refractivity contribution in [2.24, 2.45) is 5.73 Å². The van der Waals surface area contributed by atoms with Crippen LogP contribution in [-0.4, -0.2) is 31.1 Å². The first-order valence-corrected chi connectivity index (χ1v) is 11.0. The van der Waals surface area contributed by atoms with Gasteiger partial charge < -0.3 is 15.2 Å². The van der Waals surface area contributed by atoms with Crippen LogP contribution in [0.5, 0.6) is 0 Å². The van der Waals surface area contributed by atoms with Crippen LogP contribution in [0.3, 0.4) is 0 Å². The lowest BCUT2D eigenvalue weighted by Gasteiger charge is -2.36. The molecule has 0 saturated carbocycles. The van der Waals surface area contributed by atoms with E-state index in [1.54, 1.807) is 44.2 Å². The van der Waals surface area contributed by atoms with Crippen molar-refractivity contribution in [1.82, 2.24) is 0 Å². The van der Waals surface area contributed by atoms with Crippen LogP contribution in [-0.2, 0) is 19.1 Å². The molecule has 0 radical (unpaired) electrons. The van der Waals surface area contributed by atoms with E-state index in [9.17, 15) is 25.0 Å². The molecule has 1 atom stereocenters. The molecule has 1 aliphatic rings. The van der Waals surface area contributed by atoms with Gasteiger partial charge in [-0.25, -0.2) is 9.59 Å². The van der Waals surface area contributed by atoms with E-state index in [-0.39, 0.29) is 28.4 Å². The van der Waals surface area contributed by atoms with Crippen LogP contribution in [0.15, 0.2) is 63.5 Å². The van der Waals surface area contributed by atoms with Gasteiger partial charge in [0.2, 0.25) is 0 Å². The van der Waals surface area contributed by atoms with E-state index in [4.69, 9.17) is 15.2 Å². The number of rotatable bonds is 5. The van der Waals surface area contributed by atoms with Gasteiger partial charge in [-0.3, -0.25) is 15.0 Å². The number of benzene rings is 2. The Morgan fingerprint density at radius 2 is 1.74 bits per heavy atom. The van der Waals surface area contributed by atoms with Crippen molar-refractivity contribution in [1.29, 1.82) is 5.26 Å². The summed E-state index contributed by atoms with van der Waals surface area (Å²) in [6, 6.07) is 11.8. The van der Waals surface area contributed by atoms with Gasteiger partial charge in [-0.15, -0.1) is 0 Å². The van der Waals surface area contributed by atoms with Gasteiger partial charge in [0.15, 0.2) is 0 Å². The number of carbonyl (C=O) groups is 2. The molecule has 35 heavy (non-hydrogen) atoms. The monoisotopic (exact) mass is 540 g/mol. The Balaban J connectivity index is 2.56. The Morgan fingerprint density at radius 1 is 1.14 bits per heavy atom. The minimum absolute atomic E-state index is 0.0748. The van der Waals surface area contributed by atoms with Crippen LogP contribution in [0.2, 0.25) is 0 Å². The second kappa shape index (κ2) is 9.99. The number of nitrogens with two attached hydrogens (primary N) is 1. The lowest BCUT2D eigenvalue weighted by molar-refractivity contribution is -0.384. The van der Waals surface area contributed by atoms with E-state index in [1.165, 1.54) is 6.07 Å². The zero-order valence-electron chi connectivity index (χ0n) is 19.3. The summed E-state index contributed by atoms with van der Waals surface area (Å²) in [6.45, 7) is 3.33. The number of nitrogens with zero attached hydrogens (tertiary/aromatic N) is 3. The van der Waals surface area contributed by atoms with Gasteiger partial charge in [0.05, 0.1) is 42.3 Å². The zero-order chi connectivity index (χ0) is 26.0. The van der Waals surface area contributed by atoms with Crippen molar-refractivity contribution in [2.45, 2.75) is 19.8 Å². The smallest absolute Gasteiger partial charge is 0.355 e. The molecule has 0 spiro atoms. The molecular weight excluding hydrogens is 520 g/mol. The predicted octanol–water partition coefficient (Wildman–Crippen LogP) is 3.87. The maximum atomic E-state index is 13.2. The largest absolute Gasteiger partial charge is 0.466 e. The summed E-state index contributed by atoms with van der Waals surface area (Å²) in [4.78, 5) is 38.8. The summed E-state index contributed by atoms with van der Waals surface area (Å²) < 4.78 is 10.4. The maximum absolute atomic E-state index is 13.2. The third-order valence-electron chi connectivity index (χ3n) is 5.81. The number of carbonyl (C=O) groups excluding carboxylic acids is 2. The number of nitro groups is 1. The fourth-order valence-corrected chi connectivity index (χ4v) is 4.53. The van der Waals surface area contributed by atoms with Gasteiger partial charge in [-0.05, 0) is 30.5 Å². The summed E-state index contributed by atoms with van der Waals surface area (Å²) in [6.07, 6.45) is 0. The predicted molar refractivity (Wildman–Crippen MR) is 130 cm³/mol. The molecule has 2 N–H and O–H groups in total. The van der Waals surface area contributed by atoms with Crippen molar-refractivity contribution in [3.63, 3.8) is 0 Å². The fraction of sp³-hybridized carbons (Fsp3) is 0.208. The molecular formula is C24H21BrN4O6. The summed E-state index contributed by atoms with van der Waals surface area (Å²) >= 11 is 3.31. The zero-order valence-corrected chi connectivity index (χ0v) is 20.9. The molecule has 3 rings (SSSR count). The molecule has 0 saturated heterocycles. The number of ether oxygens (including phenoxy) is 2. The minimum Gasteiger partial charge on any atom is -0.466 e. The highest BCUT2D eigenvalue weighted by Crippen LogP contribution is 2.47. The summed E-state index contributed by atoms with van der Waals surface area (Å²) in [5, 5.41) is 22.2. The van der Waals surface area contributed by atoms with Crippen molar-refractivity contribution < 1.29 is 24.0 Å². The number of halogens is 1. The molecule has 0 aromatic heterocycles. The minimum atomic E-state index is -1.07. The van der Waals surface area contributed by atoms with Crippen LogP contribution >= 0.6 is 15.9 Å². The van der Waals surface area contributed by atoms with Crippen LogP contribution in [0.25, 0.3) is 0 Å². The highest BCUT2D eigenvalue weighted by molar-refractivity contribution is 9.10. The van der Waals surface area contributed by atoms with Gasteiger partial charge in [-0.1, -0.05) is 46.3 Å². The topological polar surface area (TPSA) is 149 Å².